The van der Waals surface area contributed by atoms with Gasteiger partial charge in [-0.2, -0.15) is 0 Å². The molecule has 5 nitrogen and oxygen atoms in total. The van der Waals surface area contributed by atoms with Gasteiger partial charge in [-0.15, -0.1) is 4.67 Å². The van der Waals surface area contributed by atoms with Crippen LogP contribution in [0.15, 0.2) is 18.2 Å². The van der Waals surface area contributed by atoms with Crippen LogP contribution in [0.3, 0.4) is 0 Å². The third-order valence-corrected chi connectivity index (χ3v) is 8.68. The molecule has 2 heterocycles. The summed E-state index contributed by atoms with van der Waals surface area (Å²) >= 11 is 0. The number of methoxy groups -OCH3 is 1. The number of aryl methyl sites for hydroxylation is 1. The number of piperidine rings is 1. The van der Waals surface area contributed by atoms with Gasteiger partial charge in [0.15, 0.2) is 0 Å². The van der Waals surface area contributed by atoms with Gasteiger partial charge < -0.3 is 9.64 Å². The summed E-state index contributed by atoms with van der Waals surface area (Å²) in [6.07, 6.45) is 2.31. The quantitative estimate of drug-likeness (QED) is 0.823. The van der Waals surface area contributed by atoms with Gasteiger partial charge in [0.05, 0.1) is 13.8 Å². The zero-order valence-corrected chi connectivity index (χ0v) is 17.0. The molecular formula is C19H33N3O2P+. The van der Waals surface area contributed by atoms with E-state index in [1.165, 1.54) is 26.2 Å². The zero-order valence-electron chi connectivity index (χ0n) is 16.1. The molecule has 0 saturated carbocycles. The SMILES string of the molecule is COc1cc([P+](C)(O)N2CCC(N3CCN(C)CC3)CC2)ccc1C. The molecule has 25 heavy (non-hydrogen) atoms. The highest BCUT2D eigenvalue weighted by Gasteiger charge is 2.43. The van der Waals surface area contributed by atoms with E-state index in [-0.39, 0.29) is 0 Å². The zero-order chi connectivity index (χ0) is 18.0. The van der Waals surface area contributed by atoms with Gasteiger partial charge in [-0.25, -0.2) is 4.89 Å². The minimum absolute atomic E-state index is 0.678. The van der Waals surface area contributed by atoms with Gasteiger partial charge in [-0.1, -0.05) is 6.07 Å². The van der Waals surface area contributed by atoms with E-state index >= 15 is 0 Å². The second kappa shape index (κ2) is 7.89. The molecule has 0 aromatic heterocycles. The highest BCUT2D eigenvalue weighted by molar-refractivity contribution is 7.74. The fourth-order valence-corrected chi connectivity index (χ4v) is 6.08. The lowest BCUT2D eigenvalue weighted by molar-refractivity contribution is 0.0828. The molecule has 0 radical (unpaired) electrons. The molecule has 2 fully saturated rings. The van der Waals surface area contributed by atoms with Gasteiger partial charge >= 0.3 is 0 Å². The van der Waals surface area contributed by atoms with Crippen molar-refractivity contribution in [2.24, 2.45) is 0 Å². The Balaban J connectivity index is 1.63. The summed E-state index contributed by atoms with van der Waals surface area (Å²) in [5.74, 6) is 0.866. The van der Waals surface area contributed by atoms with Crippen molar-refractivity contribution in [2.75, 3.05) is 60.1 Å². The Kier molecular flexibility index (Phi) is 6.02. The Morgan fingerprint density at radius 2 is 1.72 bits per heavy atom. The third kappa shape index (κ3) is 4.17. The first-order valence-electron chi connectivity index (χ1n) is 9.34. The molecule has 0 amide bonds. The summed E-state index contributed by atoms with van der Waals surface area (Å²) in [5, 5.41) is 1.02. The number of piperazine rings is 1. The van der Waals surface area contributed by atoms with Gasteiger partial charge in [0.2, 0.25) is 7.64 Å². The first-order chi connectivity index (χ1) is 11.9. The van der Waals surface area contributed by atoms with Gasteiger partial charge in [-0.3, -0.25) is 4.90 Å². The molecule has 1 atom stereocenters. The number of ether oxygens (including phenoxy) is 1. The van der Waals surface area contributed by atoms with E-state index in [1.54, 1.807) is 7.11 Å². The van der Waals surface area contributed by atoms with E-state index < -0.39 is 7.64 Å². The summed E-state index contributed by atoms with van der Waals surface area (Å²) in [6.45, 7) is 10.7. The van der Waals surface area contributed by atoms with E-state index in [9.17, 15) is 4.89 Å². The summed E-state index contributed by atoms with van der Waals surface area (Å²) < 4.78 is 7.77. The monoisotopic (exact) mass is 366 g/mol. The van der Waals surface area contributed by atoms with Gasteiger partial charge in [-0.05, 0) is 38.4 Å². The molecule has 0 aliphatic carbocycles. The average Bonchev–Trinajstić information content (AvgIpc) is 2.62. The normalized spacial score (nSPS) is 24.2. The lowest BCUT2D eigenvalue weighted by Gasteiger charge is -2.42. The van der Waals surface area contributed by atoms with Crippen LogP contribution in [0, 0.1) is 6.92 Å². The maximum Gasteiger partial charge on any atom is 0.241 e. The molecule has 140 valence electrons. The van der Waals surface area contributed by atoms with Gasteiger partial charge in [0.25, 0.3) is 0 Å². The van der Waals surface area contributed by atoms with E-state index in [0.29, 0.717) is 6.04 Å². The number of rotatable bonds is 4. The minimum Gasteiger partial charge on any atom is -0.496 e. The van der Waals surface area contributed by atoms with Crippen LogP contribution in [0.25, 0.3) is 0 Å². The van der Waals surface area contributed by atoms with Crippen LogP contribution in [0.2, 0.25) is 0 Å². The Bertz CT molecular complexity index is 580. The Hall–Kier alpha value is -0.710. The number of hydrogen-bond acceptors (Lipinski definition) is 5. The molecule has 3 rings (SSSR count). The molecule has 1 unspecified atom stereocenters. The van der Waals surface area contributed by atoms with Crippen molar-refractivity contribution < 1.29 is 9.63 Å². The number of hydrogen-bond donors (Lipinski definition) is 1. The molecule has 1 N–H and O–H groups in total. The topological polar surface area (TPSA) is 39.2 Å². The molecule has 1 aromatic carbocycles. The average molecular weight is 366 g/mol. The predicted molar refractivity (Wildman–Crippen MR) is 106 cm³/mol. The summed E-state index contributed by atoms with van der Waals surface area (Å²) in [7, 11) is 1.62. The summed E-state index contributed by atoms with van der Waals surface area (Å²) in [4.78, 5) is 16.4. The first kappa shape index (κ1) is 19.1. The molecule has 2 saturated heterocycles. The van der Waals surface area contributed by atoms with Crippen LogP contribution in [-0.4, -0.2) is 85.5 Å². The molecule has 0 bridgehead atoms. The van der Waals surface area contributed by atoms with Crippen LogP contribution in [0.5, 0.6) is 5.75 Å². The highest BCUT2D eigenvalue weighted by atomic mass is 31.2. The van der Waals surface area contributed by atoms with Crippen molar-refractivity contribution >= 4 is 12.9 Å². The fraction of sp³-hybridized carbons (Fsp3) is 0.684. The van der Waals surface area contributed by atoms with Crippen molar-refractivity contribution in [2.45, 2.75) is 25.8 Å². The van der Waals surface area contributed by atoms with Crippen molar-refractivity contribution in [1.29, 1.82) is 0 Å². The third-order valence-electron chi connectivity index (χ3n) is 5.93. The Labute approximate surface area is 153 Å². The molecule has 0 spiro atoms. The molecule has 1 aromatic rings. The lowest BCUT2D eigenvalue weighted by atomic mass is 10.0. The van der Waals surface area contributed by atoms with Crippen molar-refractivity contribution in [3.8, 4) is 5.75 Å². The second-order valence-electron chi connectivity index (χ2n) is 7.59. The maximum absolute atomic E-state index is 11.3. The standard InChI is InChI=1S/C19H33N3O2P/c1-16-5-6-18(15-19(16)24-3)25(4,23)22-9-7-17(8-10-22)21-13-11-20(2)12-14-21/h5-6,15,17,23H,7-14H2,1-4H3/q+1. The predicted octanol–water partition coefficient (Wildman–Crippen LogP) is 1.81. The van der Waals surface area contributed by atoms with Crippen LogP contribution in [0.4, 0.5) is 0 Å². The van der Waals surface area contributed by atoms with Crippen LogP contribution >= 0.6 is 7.64 Å². The van der Waals surface area contributed by atoms with Crippen molar-refractivity contribution in [3.05, 3.63) is 23.8 Å². The number of benzene rings is 1. The first-order valence-corrected chi connectivity index (χ1v) is 11.5. The summed E-state index contributed by atoms with van der Waals surface area (Å²) in [5.41, 5.74) is 1.11. The Morgan fingerprint density at radius 1 is 1.08 bits per heavy atom. The van der Waals surface area contributed by atoms with Crippen molar-refractivity contribution in [1.82, 2.24) is 14.5 Å². The molecule has 6 heteroatoms. The number of likely N-dealkylation sites (N-methyl/N-ethyl adjacent to an activating group) is 1. The fourth-order valence-electron chi connectivity index (χ4n) is 4.03. The van der Waals surface area contributed by atoms with E-state index in [4.69, 9.17) is 4.74 Å². The second-order valence-corrected chi connectivity index (χ2v) is 10.5. The smallest absolute Gasteiger partial charge is 0.241 e. The maximum atomic E-state index is 11.3. The van der Waals surface area contributed by atoms with E-state index in [1.807, 2.05) is 19.7 Å². The van der Waals surface area contributed by atoms with E-state index in [2.05, 4.69) is 33.7 Å². The van der Waals surface area contributed by atoms with Crippen molar-refractivity contribution in [3.63, 3.8) is 0 Å². The van der Waals surface area contributed by atoms with E-state index in [0.717, 1.165) is 42.5 Å². The van der Waals surface area contributed by atoms with Gasteiger partial charge in [0.1, 0.15) is 11.1 Å². The van der Waals surface area contributed by atoms with Crippen LogP contribution in [0.1, 0.15) is 18.4 Å². The summed E-state index contributed by atoms with van der Waals surface area (Å²) in [6, 6.07) is 6.82. The molecule has 2 aliphatic heterocycles. The number of nitrogens with zero attached hydrogens (tertiary/aromatic N) is 3. The molecular weight excluding hydrogens is 333 g/mol. The Morgan fingerprint density at radius 3 is 2.32 bits per heavy atom. The highest BCUT2D eigenvalue weighted by Crippen LogP contribution is 2.54. The van der Waals surface area contributed by atoms with Crippen LogP contribution < -0.4 is 10.0 Å². The largest absolute Gasteiger partial charge is 0.496 e. The lowest BCUT2D eigenvalue weighted by Crippen LogP contribution is -2.52. The van der Waals surface area contributed by atoms with Crippen LogP contribution in [-0.2, 0) is 0 Å². The van der Waals surface area contributed by atoms with Gasteiger partial charge in [0, 0.05) is 51.4 Å². The molecule has 2 aliphatic rings. The minimum atomic E-state index is -2.28.